The third-order valence-electron chi connectivity index (χ3n) is 2.43. The number of fused-ring (bicyclic) bond motifs is 1. The van der Waals surface area contributed by atoms with Gasteiger partial charge in [-0.05, 0) is 26.0 Å². The average molecular weight is 220 g/mol. The normalized spacial score (nSPS) is 10.6. The molecule has 0 fully saturated rings. The smallest absolute Gasteiger partial charge is 0.137 e. The summed E-state index contributed by atoms with van der Waals surface area (Å²) in [5.74, 6) is 1.67. The van der Waals surface area contributed by atoms with Crippen LogP contribution in [-0.4, -0.2) is 17.1 Å². The van der Waals surface area contributed by atoms with Gasteiger partial charge in [-0.25, -0.2) is 4.98 Å². The second-order valence-corrected chi connectivity index (χ2v) is 3.83. The molecule has 1 N–H and O–H groups in total. The molecule has 1 aromatic heterocycles. The molecule has 0 aliphatic rings. The Morgan fingerprint density at radius 2 is 2.07 bits per heavy atom. The van der Waals surface area contributed by atoms with Gasteiger partial charge >= 0.3 is 0 Å². The summed E-state index contributed by atoms with van der Waals surface area (Å²) in [4.78, 5) is 7.43. The third-order valence-corrected chi connectivity index (χ3v) is 2.73. The molecule has 3 nitrogen and oxygen atoms in total. The van der Waals surface area contributed by atoms with Gasteiger partial charge in [0.2, 0.25) is 0 Å². The Kier molecular flexibility index (Phi) is 2.44. The van der Waals surface area contributed by atoms with Crippen molar-refractivity contribution < 1.29 is 4.74 Å². The number of hydrogen-bond acceptors (Lipinski definition) is 3. The van der Waals surface area contributed by atoms with Gasteiger partial charge in [-0.3, -0.25) is 0 Å². The van der Waals surface area contributed by atoms with Crippen molar-refractivity contribution in [2.75, 3.05) is 7.11 Å². The number of rotatable bonds is 1. The third kappa shape index (κ3) is 1.61. The molecular weight excluding hydrogens is 208 g/mol. The van der Waals surface area contributed by atoms with Crippen molar-refractivity contribution in [2.24, 2.45) is 0 Å². The Balaban J connectivity index is 2.93. The zero-order valence-corrected chi connectivity index (χ0v) is 9.73. The van der Waals surface area contributed by atoms with E-state index in [1.165, 1.54) is 0 Å². The maximum atomic E-state index is 5.25. The number of aromatic amines is 1. The van der Waals surface area contributed by atoms with Gasteiger partial charge in [0, 0.05) is 10.9 Å². The van der Waals surface area contributed by atoms with Crippen molar-refractivity contribution >= 4 is 23.1 Å². The molecule has 4 heteroatoms. The van der Waals surface area contributed by atoms with Crippen molar-refractivity contribution in [1.82, 2.24) is 9.97 Å². The molecule has 0 saturated heterocycles. The van der Waals surface area contributed by atoms with E-state index in [4.69, 9.17) is 17.0 Å². The van der Waals surface area contributed by atoms with Crippen LogP contribution >= 0.6 is 12.2 Å². The van der Waals surface area contributed by atoms with E-state index in [-0.39, 0.29) is 0 Å². The van der Waals surface area contributed by atoms with E-state index in [0.717, 1.165) is 28.0 Å². The van der Waals surface area contributed by atoms with Crippen LogP contribution in [0.5, 0.6) is 5.75 Å². The van der Waals surface area contributed by atoms with Gasteiger partial charge in [0.05, 0.1) is 12.6 Å². The highest BCUT2D eigenvalue weighted by Gasteiger charge is 2.06. The number of nitrogens with one attached hydrogen (secondary N) is 1. The molecule has 0 aliphatic heterocycles. The summed E-state index contributed by atoms with van der Waals surface area (Å²) in [6.45, 7) is 3.89. The monoisotopic (exact) mass is 220 g/mol. The van der Waals surface area contributed by atoms with Gasteiger partial charge in [0.1, 0.15) is 16.2 Å². The first-order valence-electron chi connectivity index (χ1n) is 4.67. The zero-order chi connectivity index (χ0) is 11.0. The van der Waals surface area contributed by atoms with Crippen LogP contribution in [0.2, 0.25) is 0 Å². The van der Waals surface area contributed by atoms with E-state index in [1.54, 1.807) is 7.11 Å². The van der Waals surface area contributed by atoms with E-state index in [0.29, 0.717) is 4.64 Å². The Morgan fingerprint density at radius 3 is 2.73 bits per heavy atom. The highest BCUT2D eigenvalue weighted by atomic mass is 32.1. The number of H-pyrrole nitrogens is 1. The predicted molar refractivity (Wildman–Crippen MR) is 63.0 cm³/mol. The topological polar surface area (TPSA) is 37.9 Å². The van der Waals surface area contributed by atoms with Crippen molar-refractivity contribution in [3.05, 3.63) is 28.2 Å². The van der Waals surface area contributed by atoms with Crippen LogP contribution in [0.15, 0.2) is 12.1 Å². The van der Waals surface area contributed by atoms with Crippen LogP contribution in [0.1, 0.15) is 11.4 Å². The summed E-state index contributed by atoms with van der Waals surface area (Å²) in [7, 11) is 1.66. The molecule has 15 heavy (non-hydrogen) atoms. The summed E-state index contributed by atoms with van der Waals surface area (Å²) in [6.07, 6.45) is 0. The largest absolute Gasteiger partial charge is 0.496 e. The maximum absolute atomic E-state index is 5.25. The van der Waals surface area contributed by atoms with Crippen molar-refractivity contribution in [1.29, 1.82) is 0 Å². The first-order valence-corrected chi connectivity index (χ1v) is 5.08. The summed E-state index contributed by atoms with van der Waals surface area (Å²) in [5.41, 5.74) is 2.04. The zero-order valence-electron chi connectivity index (χ0n) is 8.92. The maximum Gasteiger partial charge on any atom is 0.137 e. The first kappa shape index (κ1) is 10.1. The predicted octanol–water partition coefficient (Wildman–Crippen LogP) is 2.92. The van der Waals surface area contributed by atoms with E-state index in [1.807, 2.05) is 26.0 Å². The van der Waals surface area contributed by atoms with Gasteiger partial charge < -0.3 is 9.72 Å². The molecule has 0 unspecified atom stereocenters. The molecule has 0 radical (unpaired) electrons. The van der Waals surface area contributed by atoms with Gasteiger partial charge in [0.25, 0.3) is 0 Å². The lowest BCUT2D eigenvalue weighted by molar-refractivity contribution is 0.412. The fourth-order valence-electron chi connectivity index (χ4n) is 1.72. The highest BCUT2D eigenvalue weighted by molar-refractivity contribution is 7.71. The number of benzene rings is 1. The molecule has 2 rings (SSSR count). The van der Waals surface area contributed by atoms with Crippen LogP contribution in [0.3, 0.4) is 0 Å². The fraction of sp³-hybridized carbons (Fsp3) is 0.273. The molecule has 1 heterocycles. The lowest BCUT2D eigenvalue weighted by Gasteiger charge is -2.08. The number of nitrogens with zero attached hydrogens (tertiary/aromatic N) is 1. The summed E-state index contributed by atoms with van der Waals surface area (Å²) in [5, 5.41) is 0.968. The van der Waals surface area contributed by atoms with Crippen LogP contribution in [-0.2, 0) is 0 Å². The van der Waals surface area contributed by atoms with Crippen LogP contribution < -0.4 is 4.74 Å². The quantitative estimate of drug-likeness (QED) is 0.751. The Bertz CT molecular complexity index is 575. The van der Waals surface area contributed by atoms with Gasteiger partial charge in [-0.15, -0.1) is 0 Å². The van der Waals surface area contributed by atoms with Crippen LogP contribution in [0.25, 0.3) is 10.9 Å². The van der Waals surface area contributed by atoms with Gasteiger partial charge in [0.15, 0.2) is 0 Å². The molecule has 1 aromatic carbocycles. The van der Waals surface area contributed by atoms with Crippen LogP contribution in [0, 0.1) is 18.5 Å². The number of aromatic nitrogens is 2. The molecule has 78 valence electrons. The van der Waals surface area contributed by atoms with Gasteiger partial charge in [-0.1, -0.05) is 12.2 Å². The lowest BCUT2D eigenvalue weighted by Crippen LogP contribution is -1.94. The number of aryl methyl sites for hydroxylation is 2. The molecule has 0 amide bonds. The van der Waals surface area contributed by atoms with Crippen molar-refractivity contribution in [2.45, 2.75) is 13.8 Å². The summed E-state index contributed by atoms with van der Waals surface area (Å²) >= 11 is 5.25. The second-order valence-electron chi connectivity index (χ2n) is 3.44. The van der Waals surface area contributed by atoms with E-state index >= 15 is 0 Å². The Labute approximate surface area is 93.1 Å². The minimum atomic E-state index is 0.623. The highest BCUT2D eigenvalue weighted by Crippen LogP contribution is 2.26. The molecule has 0 saturated carbocycles. The van der Waals surface area contributed by atoms with E-state index in [2.05, 4.69) is 9.97 Å². The molecule has 0 bridgehead atoms. The molecule has 0 spiro atoms. The lowest BCUT2D eigenvalue weighted by atomic mass is 10.1. The average Bonchev–Trinajstić information content (AvgIpc) is 2.17. The van der Waals surface area contributed by atoms with Crippen LogP contribution in [0.4, 0.5) is 0 Å². The second kappa shape index (κ2) is 3.62. The fourth-order valence-corrected chi connectivity index (χ4v) is 2.12. The van der Waals surface area contributed by atoms with E-state index < -0.39 is 0 Å². The molecule has 0 atom stereocenters. The Morgan fingerprint density at radius 1 is 1.33 bits per heavy atom. The van der Waals surface area contributed by atoms with Crippen molar-refractivity contribution in [3.8, 4) is 5.75 Å². The number of ether oxygens (including phenoxy) is 1. The minimum Gasteiger partial charge on any atom is -0.496 e. The molecule has 0 aliphatic carbocycles. The van der Waals surface area contributed by atoms with Crippen molar-refractivity contribution in [3.63, 3.8) is 0 Å². The first-order chi connectivity index (χ1) is 7.13. The molecular formula is C11H12N2OS. The molecule has 2 aromatic rings. The summed E-state index contributed by atoms with van der Waals surface area (Å²) in [6, 6.07) is 3.90. The minimum absolute atomic E-state index is 0.623. The Hall–Kier alpha value is -1.42. The SMILES string of the molecule is COc1ccc2[nH]c(C)nc(=S)c2c1C. The van der Waals surface area contributed by atoms with E-state index in [9.17, 15) is 0 Å². The number of methoxy groups -OCH3 is 1. The van der Waals surface area contributed by atoms with Gasteiger partial charge in [-0.2, -0.15) is 0 Å². The summed E-state index contributed by atoms with van der Waals surface area (Å²) < 4.78 is 5.87. The standard InChI is InChI=1S/C11H12N2OS/c1-6-9(14-3)5-4-8-10(6)11(15)13-7(2)12-8/h4-5H,1-3H3,(H,12,13,15). The number of hydrogen-bond donors (Lipinski definition) is 1.